The molecule has 0 aromatic carbocycles. The highest BCUT2D eigenvalue weighted by Gasteiger charge is 2.09. The number of nitrogens with one attached hydrogen (secondary N) is 1. The fourth-order valence-electron chi connectivity index (χ4n) is 1.31. The fraction of sp³-hybridized carbons (Fsp3) is 0.667. The van der Waals surface area contributed by atoms with Crippen molar-refractivity contribution < 1.29 is 9.84 Å². The summed E-state index contributed by atoms with van der Waals surface area (Å²) < 4.78 is 5.34. The molecule has 0 fully saturated rings. The first-order valence-electron chi connectivity index (χ1n) is 5.66. The van der Waals surface area contributed by atoms with E-state index in [9.17, 15) is 5.11 Å². The van der Waals surface area contributed by atoms with Crippen LogP contribution in [0.1, 0.15) is 31.7 Å². The monoisotopic (exact) mass is 243 g/mol. The minimum Gasteiger partial charge on any atom is -0.389 e. The SMILES string of the molecule is CC(C)OCC(O)CN[C@@H](C)c1cccs1. The molecule has 4 heteroatoms. The van der Waals surface area contributed by atoms with Gasteiger partial charge in [0.1, 0.15) is 0 Å². The maximum Gasteiger partial charge on any atom is 0.0898 e. The van der Waals surface area contributed by atoms with Crippen LogP contribution in [0.2, 0.25) is 0 Å². The minimum atomic E-state index is -0.440. The van der Waals surface area contributed by atoms with Gasteiger partial charge in [0.25, 0.3) is 0 Å². The van der Waals surface area contributed by atoms with E-state index in [1.54, 1.807) is 11.3 Å². The largest absolute Gasteiger partial charge is 0.389 e. The number of aliphatic hydroxyl groups is 1. The van der Waals surface area contributed by atoms with Crippen molar-refractivity contribution in [2.75, 3.05) is 13.2 Å². The zero-order valence-electron chi connectivity index (χ0n) is 10.1. The van der Waals surface area contributed by atoms with Gasteiger partial charge in [-0.15, -0.1) is 11.3 Å². The number of hydrogen-bond donors (Lipinski definition) is 2. The van der Waals surface area contributed by atoms with E-state index < -0.39 is 6.10 Å². The summed E-state index contributed by atoms with van der Waals surface area (Å²) in [5, 5.41) is 15.0. The predicted molar refractivity (Wildman–Crippen MR) is 67.8 cm³/mol. The maximum atomic E-state index is 9.66. The van der Waals surface area contributed by atoms with E-state index in [1.165, 1.54) is 4.88 Å². The average Bonchev–Trinajstić information content (AvgIpc) is 2.76. The Morgan fingerprint density at radius 3 is 2.75 bits per heavy atom. The van der Waals surface area contributed by atoms with Gasteiger partial charge in [-0.2, -0.15) is 0 Å². The molecule has 0 amide bonds. The van der Waals surface area contributed by atoms with Gasteiger partial charge < -0.3 is 15.2 Å². The van der Waals surface area contributed by atoms with E-state index in [1.807, 2.05) is 19.9 Å². The van der Waals surface area contributed by atoms with E-state index in [0.29, 0.717) is 13.2 Å². The lowest BCUT2D eigenvalue weighted by Gasteiger charge is -2.17. The second-order valence-electron chi connectivity index (χ2n) is 4.18. The van der Waals surface area contributed by atoms with Gasteiger partial charge in [-0.1, -0.05) is 6.07 Å². The molecule has 0 spiro atoms. The van der Waals surface area contributed by atoms with Crippen LogP contribution in [-0.2, 0) is 4.74 Å². The van der Waals surface area contributed by atoms with Crippen molar-refractivity contribution in [2.24, 2.45) is 0 Å². The van der Waals surface area contributed by atoms with Crippen molar-refractivity contribution >= 4 is 11.3 Å². The molecule has 3 nitrogen and oxygen atoms in total. The van der Waals surface area contributed by atoms with Gasteiger partial charge in [-0.25, -0.2) is 0 Å². The Morgan fingerprint density at radius 1 is 1.44 bits per heavy atom. The summed E-state index contributed by atoms with van der Waals surface area (Å²) in [7, 11) is 0. The molecule has 16 heavy (non-hydrogen) atoms. The summed E-state index contributed by atoms with van der Waals surface area (Å²) in [6.07, 6.45) is -0.269. The number of aliphatic hydroxyl groups excluding tert-OH is 1. The van der Waals surface area contributed by atoms with Crippen LogP contribution >= 0.6 is 11.3 Å². The summed E-state index contributed by atoms with van der Waals surface area (Å²) in [5.41, 5.74) is 0. The van der Waals surface area contributed by atoms with Crippen LogP contribution in [0.3, 0.4) is 0 Å². The quantitative estimate of drug-likeness (QED) is 0.771. The van der Waals surface area contributed by atoms with E-state index in [0.717, 1.165) is 0 Å². The molecule has 92 valence electrons. The highest BCUT2D eigenvalue weighted by molar-refractivity contribution is 7.10. The summed E-state index contributed by atoms with van der Waals surface area (Å²) in [5.74, 6) is 0. The zero-order valence-corrected chi connectivity index (χ0v) is 11.0. The molecule has 0 saturated heterocycles. The summed E-state index contributed by atoms with van der Waals surface area (Å²) in [6, 6.07) is 4.42. The van der Waals surface area contributed by atoms with Crippen LogP contribution in [0.5, 0.6) is 0 Å². The molecule has 1 aromatic heterocycles. The first kappa shape index (κ1) is 13.6. The van der Waals surface area contributed by atoms with E-state index in [-0.39, 0.29) is 12.1 Å². The predicted octanol–water partition coefficient (Wildman–Crippen LogP) is 2.18. The third-order valence-electron chi connectivity index (χ3n) is 2.25. The molecular weight excluding hydrogens is 222 g/mol. The van der Waals surface area contributed by atoms with Crippen molar-refractivity contribution in [3.05, 3.63) is 22.4 Å². The van der Waals surface area contributed by atoms with Gasteiger partial charge in [0.15, 0.2) is 0 Å². The van der Waals surface area contributed by atoms with Crippen LogP contribution in [0.15, 0.2) is 17.5 Å². The molecule has 2 N–H and O–H groups in total. The lowest BCUT2D eigenvalue weighted by Crippen LogP contribution is -2.32. The van der Waals surface area contributed by atoms with Crippen LogP contribution in [-0.4, -0.2) is 30.5 Å². The summed E-state index contributed by atoms with van der Waals surface area (Å²) >= 11 is 1.73. The van der Waals surface area contributed by atoms with Gasteiger partial charge in [-0.05, 0) is 32.2 Å². The van der Waals surface area contributed by atoms with Crippen LogP contribution in [0, 0.1) is 0 Å². The molecule has 1 rings (SSSR count). The first-order chi connectivity index (χ1) is 7.59. The Hall–Kier alpha value is -0.420. The lowest BCUT2D eigenvalue weighted by atomic mass is 10.2. The number of thiophene rings is 1. The van der Waals surface area contributed by atoms with Gasteiger partial charge >= 0.3 is 0 Å². The number of hydrogen-bond acceptors (Lipinski definition) is 4. The minimum absolute atomic E-state index is 0.171. The van der Waals surface area contributed by atoms with Crippen LogP contribution in [0.25, 0.3) is 0 Å². The van der Waals surface area contributed by atoms with Gasteiger partial charge in [0, 0.05) is 17.5 Å². The topological polar surface area (TPSA) is 41.5 Å². The van der Waals surface area contributed by atoms with E-state index in [4.69, 9.17) is 4.74 Å². The maximum absolute atomic E-state index is 9.66. The van der Waals surface area contributed by atoms with Crippen LogP contribution < -0.4 is 5.32 Å². The second kappa shape index (κ2) is 7.01. The molecule has 0 saturated carbocycles. The van der Waals surface area contributed by atoms with Crippen molar-refractivity contribution in [3.63, 3.8) is 0 Å². The van der Waals surface area contributed by atoms with Crippen molar-refractivity contribution in [2.45, 2.75) is 39.0 Å². The third-order valence-corrected chi connectivity index (χ3v) is 3.31. The summed E-state index contributed by atoms with van der Waals surface area (Å²) in [4.78, 5) is 1.29. The number of ether oxygens (including phenoxy) is 1. The van der Waals surface area contributed by atoms with E-state index in [2.05, 4.69) is 23.7 Å². The molecular formula is C12H21NO2S. The van der Waals surface area contributed by atoms with Crippen molar-refractivity contribution in [3.8, 4) is 0 Å². The molecule has 2 atom stereocenters. The standard InChI is InChI=1S/C12H21NO2S/c1-9(2)15-8-11(14)7-13-10(3)12-5-4-6-16-12/h4-6,9-11,13-14H,7-8H2,1-3H3/t10-,11?/m0/s1. The Bertz CT molecular complexity index is 275. The third kappa shape index (κ3) is 5.07. The molecule has 0 bridgehead atoms. The van der Waals surface area contributed by atoms with Crippen LogP contribution in [0.4, 0.5) is 0 Å². The van der Waals surface area contributed by atoms with Gasteiger partial charge in [0.2, 0.25) is 0 Å². The molecule has 1 unspecified atom stereocenters. The smallest absolute Gasteiger partial charge is 0.0898 e. The fourth-order valence-corrected chi connectivity index (χ4v) is 2.07. The first-order valence-corrected chi connectivity index (χ1v) is 6.54. The normalized spacial score (nSPS) is 15.3. The average molecular weight is 243 g/mol. The molecule has 0 aliphatic heterocycles. The molecule has 0 radical (unpaired) electrons. The van der Waals surface area contributed by atoms with Crippen molar-refractivity contribution in [1.29, 1.82) is 0 Å². The Kier molecular flexibility index (Phi) is 5.98. The zero-order chi connectivity index (χ0) is 12.0. The van der Waals surface area contributed by atoms with Gasteiger partial charge in [-0.3, -0.25) is 0 Å². The Morgan fingerprint density at radius 2 is 2.19 bits per heavy atom. The second-order valence-corrected chi connectivity index (χ2v) is 5.16. The number of rotatable bonds is 7. The van der Waals surface area contributed by atoms with E-state index >= 15 is 0 Å². The Labute approximate surface area is 101 Å². The van der Waals surface area contributed by atoms with Crippen molar-refractivity contribution in [1.82, 2.24) is 5.32 Å². The highest BCUT2D eigenvalue weighted by Crippen LogP contribution is 2.17. The Balaban J connectivity index is 2.19. The molecule has 0 aliphatic carbocycles. The molecule has 0 aliphatic rings. The van der Waals surface area contributed by atoms with Gasteiger partial charge in [0.05, 0.1) is 18.8 Å². The molecule has 1 heterocycles. The molecule has 1 aromatic rings. The lowest BCUT2D eigenvalue weighted by molar-refractivity contribution is 0.00564. The summed E-state index contributed by atoms with van der Waals surface area (Å²) in [6.45, 7) is 6.98. The highest BCUT2D eigenvalue weighted by atomic mass is 32.1.